The maximum atomic E-state index is 6.10. The third-order valence-electron chi connectivity index (χ3n) is 3.70. The highest BCUT2D eigenvalue weighted by atomic mass is 35.5. The number of fused-ring (bicyclic) bond motifs is 3. The van der Waals surface area contributed by atoms with Crippen LogP contribution in [0.5, 0.6) is 0 Å². The quantitative estimate of drug-likeness (QED) is 0.797. The number of aromatic amines is 1. The number of hydrogen-bond donors (Lipinski definition) is 3. The summed E-state index contributed by atoms with van der Waals surface area (Å²) in [7, 11) is 1.99. The Kier molecular flexibility index (Phi) is 3.29. The molecule has 3 nitrogen and oxygen atoms in total. The lowest BCUT2D eigenvalue weighted by atomic mass is 9.97. The van der Waals surface area contributed by atoms with Crippen molar-refractivity contribution < 1.29 is 0 Å². The minimum absolute atomic E-state index is 0.423. The van der Waals surface area contributed by atoms with Crippen molar-refractivity contribution in [2.45, 2.75) is 18.9 Å². The second-order valence-electron chi connectivity index (χ2n) is 4.86. The van der Waals surface area contributed by atoms with Gasteiger partial charge < -0.3 is 15.6 Å². The van der Waals surface area contributed by atoms with Crippen molar-refractivity contribution in [3.63, 3.8) is 0 Å². The van der Waals surface area contributed by atoms with E-state index in [-0.39, 0.29) is 0 Å². The molecule has 96 valence electrons. The van der Waals surface area contributed by atoms with Crippen LogP contribution in [0.15, 0.2) is 18.2 Å². The number of H-pyrrole nitrogens is 1. The molecule has 3 rings (SSSR count). The van der Waals surface area contributed by atoms with Crippen molar-refractivity contribution in [3.8, 4) is 0 Å². The van der Waals surface area contributed by atoms with Gasteiger partial charge in [0.25, 0.3) is 0 Å². The summed E-state index contributed by atoms with van der Waals surface area (Å²) in [5.41, 5.74) is 3.98. The van der Waals surface area contributed by atoms with Gasteiger partial charge in [0.1, 0.15) is 0 Å². The molecule has 0 bridgehead atoms. The summed E-state index contributed by atoms with van der Waals surface area (Å²) in [6.45, 7) is 2.06. The average Bonchev–Trinajstić information content (AvgIpc) is 2.75. The smallest absolute Gasteiger partial charge is 0.0488 e. The molecule has 0 aliphatic carbocycles. The number of rotatable bonds is 3. The fourth-order valence-corrected chi connectivity index (χ4v) is 2.99. The lowest BCUT2D eigenvalue weighted by Crippen LogP contribution is -2.31. The first-order valence-electron chi connectivity index (χ1n) is 6.47. The van der Waals surface area contributed by atoms with Crippen LogP contribution in [0.2, 0.25) is 5.02 Å². The van der Waals surface area contributed by atoms with Gasteiger partial charge in [-0.3, -0.25) is 0 Å². The number of halogens is 1. The van der Waals surface area contributed by atoms with E-state index in [1.807, 2.05) is 13.1 Å². The van der Waals surface area contributed by atoms with Crippen LogP contribution in [-0.2, 0) is 6.42 Å². The summed E-state index contributed by atoms with van der Waals surface area (Å²) in [5.74, 6) is 0. The molecule has 0 fully saturated rings. The standard InChI is InChI=1S/C14H18ClN3/c1-16-6-5-13-14-10(4-7-17-13)11-8-9(15)2-3-12(11)18-14/h2-3,8,13,16-18H,4-7H2,1H3. The normalized spacial score (nSPS) is 19.1. The van der Waals surface area contributed by atoms with E-state index >= 15 is 0 Å². The number of benzene rings is 1. The molecule has 1 atom stereocenters. The molecule has 1 aliphatic rings. The number of hydrogen-bond acceptors (Lipinski definition) is 2. The molecule has 4 heteroatoms. The Labute approximate surface area is 112 Å². The molecule has 0 amide bonds. The topological polar surface area (TPSA) is 39.8 Å². The van der Waals surface area contributed by atoms with Crippen LogP contribution < -0.4 is 10.6 Å². The molecular formula is C14H18ClN3. The van der Waals surface area contributed by atoms with Crippen molar-refractivity contribution in [2.75, 3.05) is 20.1 Å². The van der Waals surface area contributed by atoms with Crippen molar-refractivity contribution in [1.29, 1.82) is 0 Å². The summed E-state index contributed by atoms with van der Waals surface area (Å²) in [6.07, 6.45) is 2.18. The van der Waals surface area contributed by atoms with E-state index in [9.17, 15) is 0 Å². The first kappa shape index (κ1) is 12.0. The predicted molar refractivity (Wildman–Crippen MR) is 76.3 cm³/mol. The van der Waals surface area contributed by atoms with Crippen molar-refractivity contribution in [1.82, 2.24) is 15.6 Å². The van der Waals surface area contributed by atoms with Gasteiger partial charge >= 0.3 is 0 Å². The lowest BCUT2D eigenvalue weighted by Gasteiger charge is -2.24. The van der Waals surface area contributed by atoms with Crippen LogP contribution in [-0.4, -0.2) is 25.1 Å². The number of aromatic nitrogens is 1. The van der Waals surface area contributed by atoms with Gasteiger partial charge in [0.15, 0.2) is 0 Å². The highest BCUT2D eigenvalue weighted by Gasteiger charge is 2.23. The van der Waals surface area contributed by atoms with Crippen LogP contribution in [0.4, 0.5) is 0 Å². The zero-order valence-corrected chi connectivity index (χ0v) is 11.3. The summed E-state index contributed by atoms with van der Waals surface area (Å²) in [5, 5.41) is 8.90. The molecule has 3 N–H and O–H groups in total. The second-order valence-corrected chi connectivity index (χ2v) is 5.29. The van der Waals surface area contributed by atoms with Gasteiger partial charge in [-0.1, -0.05) is 11.6 Å². The molecule has 1 unspecified atom stereocenters. The molecule has 0 saturated heterocycles. The van der Waals surface area contributed by atoms with Gasteiger partial charge in [-0.05, 0) is 56.7 Å². The minimum Gasteiger partial charge on any atom is -0.357 e. The highest BCUT2D eigenvalue weighted by Crippen LogP contribution is 2.32. The molecule has 1 aliphatic heterocycles. The van der Waals surface area contributed by atoms with E-state index in [1.54, 1.807) is 0 Å². The monoisotopic (exact) mass is 263 g/mol. The molecule has 2 heterocycles. The molecule has 2 aromatic rings. The summed E-state index contributed by atoms with van der Waals surface area (Å²) >= 11 is 6.10. The maximum absolute atomic E-state index is 6.10. The van der Waals surface area contributed by atoms with Gasteiger partial charge in [-0.15, -0.1) is 0 Å². The van der Waals surface area contributed by atoms with Crippen LogP contribution in [0.3, 0.4) is 0 Å². The third kappa shape index (κ3) is 2.03. The van der Waals surface area contributed by atoms with Gasteiger partial charge in [0.2, 0.25) is 0 Å². The van der Waals surface area contributed by atoms with Crippen molar-refractivity contribution >= 4 is 22.5 Å². The Bertz CT molecular complexity index is 561. The Morgan fingerprint density at radius 2 is 2.33 bits per heavy atom. The first-order chi connectivity index (χ1) is 8.79. The summed E-state index contributed by atoms with van der Waals surface area (Å²) < 4.78 is 0. The summed E-state index contributed by atoms with van der Waals surface area (Å²) in [4.78, 5) is 3.55. The molecule has 1 aromatic carbocycles. The zero-order valence-electron chi connectivity index (χ0n) is 10.5. The fourth-order valence-electron chi connectivity index (χ4n) is 2.82. The van der Waals surface area contributed by atoms with Gasteiger partial charge in [0.05, 0.1) is 0 Å². The Hall–Kier alpha value is -1.03. The number of nitrogens with one attached hydrogen (secondary N) is 3. The zero-order chi connectivity index (χ0) is 12.5. The van der Waals surface area contributed by atoms with Gasteiger partial charge in [-0.2, -0.15) is 0 Å². The van der Waals surface area contributed by atoms with E-state index in [1.165, 1.54) is 22.2 Å². The van der Waals surface area contributed by atoms with Crippen molar-refractivity contribution in [3.05, 3.63) is 34.5 Å². The lowest BCUT2D eigenvalue weighted by molar-refractivity contribution is 0.461. The van der Waals surface area contributed by atoms with Gasteiger partial charge in [0, 0.05) is 27.7 Å². The van der Waals surface area contributed by atoms with Crippen LogP contribution >= 0.6 is 11.6 Å². The van der Waals surface area contributed by atoms with E-state index in [2.05, 4.69) is 27.8 Å². The molecule has 0 spiro atoms. The molecule has 1 aromatic heterocycles. The first-order valence-corrected chi connectivity index (χ1v) is 6.85. The Balaban J connectivity index is 2.04. The second kappa shape index (κ2) is 4.92. The fraction of sp³-hybridized carbons (Fsp3) is 0.429. The van der Waals surface area contributed by atoms with E-state index < -0.39 is 0 Å². The van der Waals surface area contributed by atoms with E-state index in [0.717, 1.165) is 31.0 Å². The SMILES string of the molecule is CNCCC1NCCc2c1[nH]c1ccc(Cl)cc21. The van der Waals surface area contributed by atoms with Gasteiger partial charge in [-0.25, -0.2) is 0 Å². The minimum atomic E-state index is 0.423. The van der Waals surface area contributed by atoms with Crippen LogP contribution in [0.25, 0.3) is 10.9 Å². The molecule has 0 radical (unpaired) electrons. The molecular weight excluding hydrogens is 246 g/mol. The third-order valence-corrected chi connectivity index (χ3v) is 3.93. The predicted octanol–water partition coefficient (Wildman–Crippen LogP) is 2.62. The Morgan fingerprint density at radius 3 is 3.17 bits per heavy atom. The largest absolute Gasteiger partial charge is 0.357 e. The molecule has 0 saturated carbocycles. The molecule has 18 heavy (non-hydrogen) atoms. The van der Waals surface area contributed by atoms with Crippen LogP contribution in [0.1, 0.15) is 23.7 Å². The Morgan fingerprint density at radius 1 is 1.44 bits per heavy atom. The van der Waals surface area contributed by atoms with E-state index in [0.29, 0.717) is 6.04 Å². The van der Waals surface area contributed by atoms with Crippen molar-refractivity contribution in [2.24, 2.45) is 0 Å². The maximum Gasteiger partial charge on any atom is 0.0488 e. The van der Waals surface area contributed by atoms with E-state index in [4.69, 9.17) is 11.6 Å². The highest BCUT2D eigenvalue weighted by molar-refractivity contribution is 6.31. The van der Waals surface area contributed by atoms with Crippen LogP contribution in [0, 0.1) is 0 Å². The average molecular weight is 264 g/mol. The summed E-state index contributed by atoms with van der Waals surface area (Å²) in [6, 6.07) is 6.52.